The second kappa shape index (κ2) is 8.00. The lowest BCUT2D eigenvalue weighted by molar-refractivity contribution is -0.384. The van der Waals surface area contributed by atoms with Crippen LogP contribution in [-0.2, 0) is 6.54 Å². The summed E-state index contributed by atoms with van der Waals surface area (Å²) in [5.41, 5.74) is 1.88. The fourth-order valence-electron chi connectivity index (χ4n) is 3.32. The molecule has 0 spiro atoms. The van der Waals surface area contributed by atoms with Gasteiger partial charge < -0.3 is 9.15 Å². The molecule has 0 amide bonds. The van der Waals surface area contributed by atoms with Crippen molar-refractivity contribution in [3.8, 4) is 17.2 Å². The van der Waals surface area contributed by atoms with Crippen molar-refractivity contribution in [3.05, 3.63) is 70.1 Å². The van der Waals surface area contributed by atoms with Gasteiger partial charge in [-0.1, -0.05) is 12.1 Å². The van der Waals surface area contributed by atoms with Gasteiger partial charge >= 0.3 is 0 Å². The van der Waals surface area contributed by atoms with Gasteiger partial charge in [-0.2, -0.15) is 0 Å². The summed E-state index contributed by atoms with van der Waals surface area (Å²) in [5, 5.41) is 19.2. The summed E-state index contributed by atoms with van der Waals surface area (Å²) < 4.78 is 11.1. The molecule has 0 saturated heterocycles. The van der Waals surface area contributed by atoms with Crippen LogP contribution in [0, 0.1) is 10.1 Å². The highest BCUT2D eigenvalue weighted by molar-refractivity contribution is 5.55. The summed E-state index contributed by atoms with van der Waals surface area (Å²) in [6.45, 7) is 2.85. The Labute approximate surface area is 168 Å². The van der Waals surface area contributed by atoms with E-state index in [9.17, 15) is 10.1 Å². The van der Waals surface area contributed by atoms with Gasteiger partial charge in [0.05, 0.1) is 18.1 Å². The largest absolute Gasteiger partial charge is 0.497 e. The van der Waals surface area contributed by atoms with Gasteiger partial charge in [0.2, 0.25) is 11.8 Å². The predicted molar refractivity (Wildman–Crippen MR) is 106 cm³/mol. The molecule has 0 unspecified atom stereocenters. The molecule has 2 aromatic carbocycles. The number of rotatable bonds is 8. The minimum Gasteiger partial charge on any atom is -0.497 e. The molecule has 150 valence electrons. The molecular formula is C21H22N4O4. The van der Waals surface area contributed by atoms with Crippen LogP contribution in [0.5, 0.6) is 5.75 Å². The Hall–Kier alpha value is -3.26. The molecule has 1 fully saturated rings. The van der Waals surface area contributed by atoms with Crippen molar-refractivity contribution in [1.82, 2.24) is 15.1 Å². The smallest absolute Gasteiger partial charge is 0.269 e. The molecule has 1 aliphatic rings. The van der Waals surface area contributed by atoms with E-state index < -0.39 is 4.92 Å². The van der Waals surface area contributed by atoms with Crippen molar-refractivity contribution in [3.63, 3.8) is 0 Å². The molecule has 8 nitrogen and oxygen atoms in total. The first-order valence-corrected chi connectivity index (χ1v) is 9.52. The zero-order valence-electron chi connectivity index (χ0n) is 16.3. The summed E-state index contributed by atoms with van der Waals surface area (Å²) in [4.78, 5) is 12.8. The van der Waals surface area contributed by atoms with E-state index in [0.717, 1.165) is 25.1 Å². The molecule has 29 heavy (non-hydrogen) atoms. The lowest BCUT2D eigenvalue weighted by Crippen LogP contribution is -2.29. The first kappa shape index (κ1) is 19.1. The lowest BCUT2D eigenvalue weighted by Gasteiger charge is -2.26. The number of methoxy groups -OCH3 is 1. The quantitative estimate of drug-likeness (QED) is 0.413. The number of nitrogens with zero attached hydrogens (tertiary/aromatic N) is 4. The van der Waals surface area contributed by atoms with Gasteiger partial charge in [0.15, 0.2) is 0 Å². The van der Waals surface area contributed by atoms with E-state index >= 15 is 0 Å². The number of benzene rings is 2. The molecule has 8 heteroatoms. The minimum absolute atomic E-state index is 0.0289. The molecule has 1 aromatic heterocycles. The maximum Gasteiger partial charge on any atom is 0.269 e. The fraction of sp³-hybridized carbons (Fsp3) is 0.333. The van der Waals surface area contributed by atoms with E-state index in [4.69, 9.17) is 9.15 Å². The van der Waals surface area contributed by atoms with E-state index in [1.165, 1.54) is 17.7 Å². The number of nitro benzene ring substituents is 1. The van der Waals surface area contributed by atoms with Crippen LogP contribution < -0.4 is 4.74 Å². The number of nitro groups is 1. The first-order valence-electron chi connectivity index (χ1n) is 9.52. The molecule has 1 saturated carbocycles. The highest BCUT2D eigenvalue weighted by Gasteiger charge is 2.35. The van der Waals surface area contributed by atoms with Crippen molar-refractivity contribution in [2.75, 3.05) is 7.11 Å². The van der Waals surface area contributed by atoms with Gasteiger partial charge in [-0.05, 0) is 49.6 Å². The molecule has 0 aliphatic heterocycles. The summed E-state index contributed by atoms with van der Waals surface area (Å²) in [6, 6.07) is 14.6. The van der Waals surface area contributed by atoms with Crippen LogP contribution in [0.2, 0.25) is 0 Å². The topological polar surface area (TPSA) is 94.5 Å². The van der Waals surface area contributed by atoms with Gasteiger partial charge in [0.25, 0.3) is 5.69 Å². The van der Waals surface area contributed by atoms with Crippen LogP contribution >= 0.6 is 0 Å². The SMILES string of the molecule is COc1ccc(CN(C2CC2)[C@@H](C)c2nnc(-c3ccc([N+](=O)[O-])cc3)o2)cc1. The second-order valence-electron chi connectivity index (χ2n) is 7.18. The predicted octanol–water partition coefficient (Wildman–Crippen LogP) is 4.38. The van der Waals surface area contributed by atoms with Crippen molar-refractivity contribution in [2.45, 2.75) is 38.4 Å². The Morgan fingerprint density at radius 3 is 2.45 bits per heavy atom. The molecule has 1 aliphatic carbocycles. The van der Waals surface area contributed by atoms with E-state index in [2.05, 4.69) is 34.2 Å². The third kappa shape index (κ3) is 4.27. The maximum atomic E-state index is 10.8. The van der Waals surface area contributed by atoms with Gasteiger partial charge in [-0.3, -0.25) is 15.0 Å². The van der Waals surface area contributed by atoms with Crippen LogP contribution in [0.3, 0.4) is 0 Å². The van der Waals surface area contributed by atoms with Crippen LogP contribution in [-0.4, -0.2) is 33.2 Å². The minimum atomic E-state index is -0.433. The first-order chi connectivity index (χ1) is 14.0. The summed E-state index contributed by atoms with van der Waals surface area (Å²) in [6.07, 6.45) is 2.31. The summed E-state index contributed by atoms with van der Waals surface area (Å²) >= 11 is 0. The molecule has 0 N–H and O–H groups in total. The number of non-ortho nitro benzene ring substituents is 1. The Balaban J connectivity index is 1.51. The fourth-order valence-corrected chi connectivity index (χ4v) is 3.32. The summed E-state index contributed by atoms with van der Waals surface area (Å²) in [5.74, 6) is 1.74. The molecule has 4 rings (SSSR count). The Morgan fingerprint density at radius 1 is 1.17 bits per heavy atom. The molecule has 1 atom stereocenters. The van der Waals surface area contributed by atoms with Crippen molar-refractivity contribution >= 4 is 5.69 Å². The van der Waals surface area contributed by atoms with Crippen molar-refractivity contribution in [2.24, 2.45) is 0 Å². The van der Waals surface area contributed by atoms with Crippen molar-refractivity contribution in [1.29, 1.82) is 0 Å². The Kier molecular flexibility index (Phi) is 5.26. The standard InChI is InChI=1S/C21H22N4O4/c1-14(24(17-9-10-17)13-15-3-11-19(28-2)12-4-15)20-22-23-21(29-20)16-5-7-18(8-6-16)25(26)27/h3-8,11-12,14,17H,9-10,13H2,1-2H3/t14-/m0/s1. The maximum absolute atomic E-state index is 10.8. The zero-order valence-corrected chi connectivity index (χ0v) is 16.3. The molecule has 3 aromatic rings. The highest BCUT2D eigenvalue weighted by Crippen LogP contribution is 2.36. The third-order valence-corrected chi connectivity index (χ3v) is 5.16. The van der Waals surface area contributed by atoms with Crippen LogP contribution in [0.15, 0.2) is 52.9 Å². The highest BCUT2D eigenvalue weighted by atomic mass is 16.6. The van der Waals surface area contributed by atoms with Gasteiger partial charge in [-0.25, -0.2) is 0 Å². The molecule has 0 bridgehead atoms. The van der Waals surface area contributed by atoms with E-state index in [1.54, 1.807) is 19.2 Å². The third-order valence-electron chi connectivity index (χ3n) is 5.16. The summed E-state index contributed by atoms with van der Waals surface area (Å²) in [7, 11) is 1.66. The molecule has 1 heterocycles. The van der Waals surface area contributed by atoms with Crippen LogP contribution in [0.25, 0.3) is 11.5 Å². The second-order valence-corrected chi connectivity index (χ2v) is 7.18. The number of hydrogen-bond donors (Lipinski definition) is 0. The van der Waals surface area contributed by atoms with E-state index in [1.807, 2.05) is 12.1 Å². The van der Waals surface area contributed by atoms with Gasteiger partial charge in [-0.15, -0.1) is 10.2 Å². The van der Waals surface area contributed by atoms with Crippen molar-refractivity contribution < 1.29 is 14.1 Å². The average Bonchev–Trinajstić information content (AvgIpc) is 3.47. The van der Waals surface area contributed by atoms with E-state index in [0.29, 0.717) is 23.4 Å². The van der Waals surface area contributed by atoms with Crippen LogP contribution in [0.1, 0.15) is 37.3 Å². The molecular weight excluding hydrogens is 372 g/mol. The number of aromatic nitrogens is 2. The Bertz CT molecular complexity index is 981. The van der Waals surface area contributed by atoms with Crippen LogP contribution in [0.4, 0.5) is 5.69 Å². The number of ether oxygens (including phenoxy) is 1. The monoisotopic (exact) mass is 394 g/mol. The van der Waals surface area contributed by atoms with Gasteiger partial charge in [0, 0.05) is 30.3 Å². The zero-order chi connectivity index (χ0) is 20.4. The average molecular weight is 394 g/mol. The Morgan fingerprint density at radius 2 is 1.86 bits per heavy atom. The van der Waals surface area contributed by atoms with E-state index in [-0.39, 0.29) is 11.7 Å². The lowest BCUT2D eigenvalue weighted by atomic mass is 10.1. The van der Waals surface area contributed by atoms with Gasteiger partial charge in [0.1, 0.15) is 5.75 Å². The normalized spacial score (nSPS) is 14.7. The molecule has 0 radical (unpaired) electrons. The number of hydrogen-bond acceptors (Lipinski definition) is 7.